The second-order valence-corrected chi connectivity index (χ2v) is 5.35. The molecule has 1 aliphatic rings. The summed E-state index contributed by atoms with van der Waals surface area (Å²) in [5.41, 5.74) is 0. The van der Waals surface area contributed by atoms with Crippen LogP contribution < -0.4 is 10.1 Å². The van der Waals surface area contributed by atoms with Gasteiger partial charge in [0.25, 0.3) is 0 Å². The van der Waals surface area contributed by atoms with Crippen LogP contribution in [0.25, 0.3) is 0 Å². The number of nitrogens with one attached hydrogen (secondary N) is 1. The summed E-state index contributed by atoms with van der Waals surface area (Å²) in [5.74, 6) is 0.968. The first-order valence-corrected chi connectivity index (χ1v) is 7.45. The molecule has 0 spiro atoms. The lowest BCUT2D eigenvalue weighted by atomic mass is 10.2. The molecule has 2 unspecified atom stereocenters. The van der Waals surface area contributed by atoms with Crippen LogP contribution in [0.2, 0.25) is 0 Å². The Morgan fingerprint density at radius 1 is 1.32 bits per heavy atom. The number of hydrogen-bond acceptors (Lipinski definition) is 3. The van der Waals surface area contributed by atoms with Gasteiger partial charge in [0.05, 0.1) is 0 Å². The molecule has 1 N–H and O–H groups in total. The van der Waals surface area contributed by atoms with Gasteiger partial charge in [-0.25, -0.2) is 0 Å². The van der Waals surface area contributed by atoms with Crippen LogP contribution in [0.15, 0.2) is 30.3 Å². The van der Waals surface area contributed by atoms with Crippen molar-refractivity contribution in [1.29, 1.82) is 0 Å². The zero-order valence-electron chi connectivity index (χ0n) is 12.1. The number of hydrogen-bond donors (Lipinski definition) is 1. The minimum atomic E-state index is 0.627. The summed E-state index contributed by atoms with van der Waals surface area (Å²) in [7, 11) is 0. The van der Waals surface area contributed by atoms with E-state index in [2.05, 4.69) is 24.1 Å². The second kappa shape index (κ2) is 7.51. The van der Waals surface area contributed by atoms with Crippen molar-refractivity contribution < 1.29 is 4.74 Å². The number of rotatable bonds is 5. The number of para-hydroxylation sites is 1. The van der Waals surface area contributed by atoms with E-state index in [4.69, 9.17) is 4.74 Å². The van der Waals surface area contributed by atoms with Gasteiger partial charge in [0.1, 0.15) is 12.4 Å². The van der Waals surface area contributed by atoms with Crippen LogP contribution >= 0.6 is 0 Å². The van der Waals surface area contributed by atoms with E-state index in [0.717, 1.165) is 32.0 Å². The van der Waals surface area contributed by atoms with Gasteiger partial charge in [-0.15, -0.1) is 0 Å². The maximum Gasteiger partial charge on any atom is 0.119 e. The molecular formula is C16H26N2O. The van der Waals surface area contributed by atoms with Crippen LogP contribution in [-0.4, -0.2) is 43.2 Å². The number of ether oxygens (including phenoxy) is 1. The smallest absolute Gasteiger partial charge is 0.119 e. The molecule has 0 amide bonds. The van der Waals surface area contributed by atoms with Gasteiger partial charge in [0.2, 0.25) is 0 Å². The predicted molar refractivity (Wildman–Crippen MR) is 79.7 cm³/mol. The van der Waals surface area contributed by atoms with Crippen molar-refractivity contribution in [2.45, 2.75) is 38.8 Å². The molecule has 3 nitrogen and oxygen atoms in total. The predicted octanol–water partition coefficient (Wildman–Crippen LogP) is 2.53. The molecule has 1 fully saturated rings. The summed E-state index contributed by atoms with van der Waals surface area (Å²) < 4.78 is 5.80. The molecule has 1 aromatic carbocycles. The molecule has 1 saturated heterocycles. The standard InChI is InChI=1S/C16H26N2O/c1-3-15-13-18(14(2)9-10-17-15)11-12-19-16-7-5-4-6-8-16/h4-8,14-15,17H,3,9-13H2,1-2H3. The number of nitrogens with zero attached hydrogens (tertiary/aromatic N) is 1. The van der Waals surface area contributed by atoms with Gasteiger partial charge in [-0.3, -0.25) is 4.90 Å². The molecular weight excluding hydrogens is 236 g/mol. The van der Waals surface area contributed by atoms with Crippen molar-refractivity contribution in [3.05, 3.63) is 30.3 Å². The lowest BCUT2D eigenvalue weighted by Crippen LogP contribution is -2.41. The summed E-state index contributed by atoms with van der Waals surface area (Å²) in [6, 6.07) is 11.3. The molecule has 106 valence electrons. The Balaban J connectivity index is 1.79. The molecule has 19 heavy (non-hydrogen) atoms. The normalized spacial score (nSPS) is 24.9. The topological polar surface area (TPSA) is 24.5 Å². The van der Waals surface area contributed by atoms with Crippen molar-refractivity contribution in [3.63, 3.8) is 0 Å². The fraction of sp³-hybridized carbons (Fsp3) is 0.625. The van der Waals surface area contributed by atoms with E-state index in [1.807, 2.05) is 30.3 Å². The minimum Gasteiger partial charge on any atom is -0.492 e. The van der Waals surface area contributed by atoms with Crippen molar-refractivity contribution in [3.8, 4) is 5.75 Å². The molecule has 2 rings (SSSR count). The lowest BCUT2D eigenvalue weighted by Gasteiger charge is -2.28. The molecule has 1 heterocycles. The van der Waals surface area contributed by atoms with Crippen LogP contribution in [0.4, 0.5) is 0 Å². The summed E-state index contributed by atoms with van der Waals surface area (Å²) in [5, 5.41) is 3.62. The fourth-order valence-corrected chi connectivity index (χ4v) is 2.59. The van der Waals surface area contributed by atoms with Crippen LogP contribution in [0, 0.1) is 0 Å². The van der Waals surface area contributed by atoms with E-state index in [1.165, 1.54) is 12.8 Å². The number of benzene rings is 1. The van der Waals surface area contributed by atoms with Gasteiger partial charge < -0.3 is 10.1 Å². The molecule has 0 radical (unpaired) electrons. The monoisotopic (exact) mass is 262 g/mol. The van der Waals surface area contributed by atoms with Crippen LogP contribution in [0.5, 0.6) is 5.75 Å². The highest BCUT2D eigenvalue weighted by Crippen LogP contribution is 2.12. The molecule has 0 aromatic heterocycles. The van der Waals surface area contributed by atoms with Gasteiger partial charge in [0, 0.05) is 25.2 Å². The van der Waals surface area contributed by atoms with Crippen molar-refractivity contribution in [2.24, 2.45) is 0 Å². The Kier molecular flexibility index (Phi) is 5.67. The highest BCUT2D eigenvalue weighted by molar-refractivity contribution is 5.20. The summed E-state index contributed by atoms with van der Waals surface area (Å²) in [4.78, 5) is 2.55. The summed E-state index contributed by atoms with van der Waals surface area (Å²) in [6.45, 7) is 8.62. The zero-order chi connectivity index (χ0) is 13.5. The van der Waals surface area contributed by atoms with Gasteiger partial charge in [0.15, 0.2) is 0 Å². The molecule has 0 bridgehead atoms. The van der Waals surface area contributed by atoms with Gasteiger partial charge in [-0.2, -0.15) is 0 Å². The highest BCUT2D eigenvalue weighted by atomic mass is 16.5. The van der Waals surface area contributed by atoms with Crippen LogP contribution in [0.3, 0.4) is 0 Å². The third-order valence-electron chi connectivity index (χ3n) is 3.96. The maximum absolute atomic E-state index is 5.80. The maximum atomic E-state index is 5.80. The Bertz CT molecular complexity index is 355. The molecule has 0 saturated carbocycles. The Labute approximate surface area is 116 Å². The molecule has 2 atom stereocenters. The quantitative estimate of drug-likeness (QED) is 0.882. The summed E-state index contributed by atoms with van der Waals surface area (Å²) >= 11 is 0. The Morgan fingerprint density at radius 2 is 2.11 bits per heavy atom. The van der Waals surface area contributed by atoms with Gasteiger partial charge >= 0.3 is 0 Å². The first kappa shape index (κ1) is 14.4. The van der Waals surface area contributed by atoms with E-state index in [-0.39, 0.29) is 0 Å². The van der Waals surface area contributed by atoms with Crippen LogP contribution in [0.1, 0.15) is 26.7 Å². The SMILES string of the molecule is CCC1CN(CCOc2ccccc2)C(C)CCN1. The molecule has 1 aliphatic heterocycles. The van der Waals surface area contributed by atoms with Gasteiger partial charge in [-0.05, 0) is 38.4 Å². The van der Waals surface area contributed by atoms with E-state index >= 15 is 0 Å². The van der Waals surface area contributed by atoms with Crippen molar-refractivity contribution >= 4 is 0 Å². The zero-order valence-corrected chi connectivity index (χ0v) is 12.1. The fourth-order valence-electron chi connectivity index (χ4n) is 2.59. The first-order valence-electron chi connectivity index (χ1n) is 7.45. The van der Waals surface area contributed by atoms with Gasteiger partial charge in [-0.1, -0.05) is 25.1 Å². The Morgan fingerprint density at radius 3 is 2.84 bits per heavy atom. The second-order valence-electron chi connectivity index (χ2n) is 5.35. The molecule has 0 aliphatic carbocycles. The third kappa shape index (κ3) is 4.51. The largest absolute Gasteiger partial charge is 0.492 e. The van der Waals surface area contributed by atoms with E-state index in [1.54, 1.807) is 0 Å². The Hall–Kier alpha value is -1.06. The first-order chi connectivity index (χ1) is 9.29. The highest BCUT2D eigenvalue weighted by Gasteiger charge is 2.21. The lowest BCUT2D eigenvalue weighted by molar-refractivity contribution is 0.164. The van der Waals surface area contributed by atoms with Crippen molar-refractivity contribution in [2.75, 3.05) is 26.2 Å². The summed E-state index contributed by atoms with van der Waals surface area (Å²) in [6.07, 6.45) is 2.42. The average Bonchev–Trinajstić information content (AvgIpc) is 2.62. The van der Waals surface area contributed by atoms with Crippen molar-refractivity contribution in [1.82, 2.24) is 10.2 Å². The third-order valence-corrected chi connectivity index (χ3v) is 3.96. The minimum absolute atomic E-state index is 0.627. The molecule has 1 aromatic rings. The van der Waals surface area contributed by atoms with E-state index < -0.39 is 0 Å². The van der Waals surface area contributed by atoms with E-state index in [0.29, 0.717) is 12.1 Å². The molecule has 3 heteroatoms. The average molecular weight is 262 g/mol. The van der Waals surface area contributed by atoms with Crippen LogP contribution in [-0.2, 0) is 0 Å². The van der Waals surface area contributed by atoms with E-state index in [9.17, 15) is 0 Å².